The highest BCUT2D eigenvalue weighted by Crippen LogP contribution is 2.24. The molecule has 0 radical (unpaired) electrons. The van der Waals surface area contributed by atoms with E-state index in [9.17, 15) is 18.8 Å². The molecular weight excluding hydrogens is 601 g/mol. The molecule has 2 heterocycles. The van der Waals surface area contributed by atoms with E-state index < -0.39 is 11.2 Å². The fraction of sp³-hybridized carbons (Fsp3) is 0.182. The second-order valence-corrected chi connectivity index (χ2v) is 11.5. The number of halogens is 2. The first-order chi connectivity index (χ1) is 21.2. The van der Waals surface area contributed by atoms with Gasteiger partial charge < -0.3 is 9.47 Å². The Labute approximate surface area is 262 Å². The van der Waals surface area contributed by atoms with E-state index >= 15 is 0 Å². The molecule has 0 atom stereocenters. The Morgan fingerprint density at radius 2 is 1.52 bits per heavy atom. The fourth-order valence-electron chi connectivity index (χ4n) is 4.53. The van der Waals surface area contributed by atoms with Crippen LogP contribution in [0.5, 0.6) is 0 Å². The lowest BCUT2D eigenvalue weighted by Crippen LogP contribution is -2.31. The van der Waals surface area contributed by atoms with Gasteiger partial charge in [-0.2, -0.15) is 4.98 Å². The molecule has 3 aromatic carbocycles. The van der Waals surface area contributed by atoms with Crippen LogP contribution in [0.25, 0.3) is 22.3 Å². The van der Waals surface area contributed by atoms with Crippen LogP contribution >= 0.6 is 23.4 Å². The number of carbonyl (C=O) groups is 1. The number of benzene rings is 3. The van der Waals surface area contributed by atoms with Gasteiger partial charge in [-0.25, -0.2) is 14.2 Å². The molecule has 5 rings (SSSR count). The molecule has 5 aromatic rings. The summed E-state index contributed by atoms with van der Waals surface area (Å²) in [6.07, 6.45) is 4.48. The molecule has 0 saturated carbocycles. The SMILES string of the molecule is CCn1cc(-c2cn(CC(=O)N(C)Cc3ccc(-c4ccc(Cl)cc4)cc3)c(SCc3ccc(F)cc3)nc2=O)cnc1=O. The number of aromatic nitrogens is 4. The maximum Gasteiger partial charge on any atom is 0.347 e. The molecule has 44 heavy (non-hydrogen) atoms. The number of thioether (sulfide) groups is 1. The zero-order valence-electron chi connectivity index (χ0n) is 24.1. The van der Waals surface area contributed by atoms with Crippen molar-refractivity contribution in [3.63, 3.8) is 0 Å². The van der Waals surface area contributed by atoms with E-state index in [2.05, 4.69) is 9.97 Å². The van der Waals surface area contributed by atoms with E-state index in [1.165, 1.54) is 34.7 Å². The van der Waals surface area contributed by atoms with Gasteiger partial charge in [-0.1, -0.05) is 71.9 Å². The first-order valence-electron chi connectivity index (χ1n) is 13.8. The van der Waals surface area contributed by atoms with E-state index in [0.29, 0.717) is 34.6 Å². The summed E-state index contributed by atoms with van der Waals surface area (Å²) in [5.41, 5.74) is 3.59. The van der Waals surface area contributed by atoms with Crippen molar-refractivity contribution < 1.29 is 9.18 Å². The Morgan fingerprint density at radius 1 is 0.886 bits per heavy atom. The highest BCUT2D eigenvalue weighted by Gasteiger charge is 2.17. The molecule has 0 bridgehead atoms. The maximum absolute atomic E-state index is 13.5. The van der Waals surface area contributed by atoms with Crippen LogP contribution in [-0.2, 0) is 30.2 Å². The van der Waals surface area contributed by atoms with Crippen LogP contribution in [0, 0.1) is 5.82 Å². The molecule has 2 aromatic heterocycles. The van der Waals surface area contributed by atoms with Crippen LogP contribution < -0.4 is 11.2 Å². The Balaban J connectivity index is 1.38. The number of nitrogens with zero attached hydrogens (tertiary/aromatic N) is 5. The van der Waals surface area contributed by atoms with Gasteiger partial charge in [0.15, 0.2) is 5.16 Å². The molecule has 8 nitrogen and oxygen atoms in total. The van der Waals surface area contributed by atoms with Crippen molar-refractivity contribution in [1.82, 2.24) is 24.0 Å². The average molecular weight is 630 g/mol. The molecule has 0 unspecified atom stereocenters. The van der Waals surface area contributed by atoms with Crippen molar-refractivity contribution in [2.24, 2.45) is 0 Å². The van der Waals surface area contributed by atoms with Crippen LogP contribution in [0.1, 0.15) is 18.1 Å². The van der Waals surface area contributed by atoms with Gasteiger partial charge >= 0.3 is 5.69 Å². The van der Waals surface area contributed by atoms with E-state index in [1.807, 2.05) is 48.5 Å². The minimum atomic E-state index is -0.507. The molecule has 0 aliphatic rings. The molecule has 0 aliphatic heterocycles. The standard InChI is InChI=1S/C33H29ClFN5O3S/c1-3-39-18-26(16-36-32(39)43)29-19-40(33(37-31(29)42)44-21-23-6-14-28(35)15-7-23)20-30(41)38(2)17-22-4-8-24(9-5-22)25-10-12-27(34)13-11-25/h4-16,18-19H,3,17,20-21H2,1-2H3. The van der Waals surface area contributed by atoms with Gasteiger partial charge in [-0.3, -0.25) is 14.2 Å². The molecular formula is C33H29ClFN5O3S. The van der Waals surface area contributed by atoms with Crippen molar-refractivity contribution in [2.45, 2.75) is 37.5 Å². The number of carbonyl (C=O) groups excluding carboxylic acids is 1. The Morgan fingerprint density at radius 3 is 2.18 bits per heavy atom. The van der Waals surface area contributed by atoms with Gasteiger partial charge in [0.1, 0.15) is 12.4 Å². The highest BCUT2D eigenvalue weighted by molar-refractivity contribution is 7.98. The van der Waals surface area contributed by atoms with Crippen molar-refractivity contribution in [2.75, 3.05) is 7.05 Å². The lowest BCUT2D eigenvalue weighted by molar-refractivity contribution is -0.131. The second-order valence-electron chi connectivity index (χ2n) is 10.2. The molecule has 0 saturated heterocycles. The number of hydrogen-bond acceptors (Lipinski definition) is 6. The first kappa shape index (κ1) is 30.9. The molecule has 0 spiro atoms. The third-order valence-corrected chi connectivity index (χ3v) is 8.34. The summed E-state index contributed by atoms with van der Waals surface area (Å²) in [6, 6.07) is 21.6. The average Bonchev–Trinajstić information content (AvgIpc) is 3.03. The minimum absolute atomic E-state index is 0.0771. The number of hydrogen-bond donors (Lipinski definition) is 0. The Kier molecular flexibility index (Phi) is 9.72. The van der Waals surface area contributed by atoms with Crippen LogP contribution in [0.4, 0.5) is 4.39 Å². The van der Waals surface area contributed by atoms with Crippen molar-refractivity contribution >= 4 is 29.3 Å². The largest absolute Gasteiger partial charge is 0.347 e. The highest BCUT2D eigenvalue weighted by atomic mass is 35.5. The smallest absolute Gasteiger partial charge is 0.340 e. The molecule has 1 amide bonds. The molecule has 0 fully saturated rings. The second kappa shape index (κ2) is 13.8. The number of likely N-dealkylation sites (N-methyl/N-ethyl adjacent to an activating group) is 1. The van der Waals surface area contributed by atoms with E-state index in [0.717, 1.165) is 22.3 Å². The predicted octanol–water partition coefficient (Wildman–Crippen LogP) is 5.90. The summed E-state index contributed by atoms with van der Waals surface area (Å²) in [5.74, 6) is -0.116. The van der Waals surface area contributed by atoms with Crippen molar-refractivity contribution in [3.8, 4) is 22.3 Å². The van der Waals surface area contributed by atoms with Crippen LogP contribution in [-0.4, -0.2) is 37.0 Å². The molecule has 0 N–H and O–H groups in total. The van der Waals surface area contributed by atoms with Crippen LogP contribution in [0.15, 0.2) is 106 Å². The van der Waals surface area contributed by atoms with E-state index in [1.54, 1.807) is 48.0 Å². The third-order valence-electron chi connectivity index (χ3n) is 7.03. The van der Waals surface area contributed by atoms with Crippen LogP contribution in [0.2, 0.25) is 5.02 Å². The Bertz CT molecular complexity index is 1890. The normalized spacial score (nSPS) is 11.0. The van der Waals surface area contributed by atoms with Gasteiger partial charge in [0.25, 0.3) is 5.56 Å². The Hall–Kier alpha value is -4.54. The van der Waals surface area contributed by atoms with Gasteiger partial charge in [0.2, 0.25) is 5.91 Å². The van der Waals surface area contributed by atoms with Crippen molar-refractivity contribution in [1.29, 1.82) is 0 Å². The van der Waals surface area contributed by atoms with Gasteiger partial charge in [0, 0.05) is 55.1 Å². The lowest BCUT2D eigenvalue weighted by Gasteiger charge is -2.20. The van der Waals surface area contributed by atoms with Gasteiger partial charge in [0.05, 0.1) is 5.56 Å². The first-order valence-corrected chi connectivity index (χ1v) is 15.2. The van der Waals surface area contributed by atoms with Gasteiger partial charge in [-0.15, -0.1) is 0 Å². The fourth-order valence-corrected chi connectivity index (χ4v) is 5.57. The zero-order valence-corrected chi connectivity index (χ0v) is 25.7. The molecule has 11 heteroatoms. The zero-order chi connectivity index (χ0) is 31.2. The summed E-state index contributed by atoms with van der Waals surface area (Å²) in [6.45, 7) is 2.49. The third kappa shape index (κ3) is 7.50. The number of aryl methyl sites for hydroxylation is 1. The van der Waals surface area contributed by atoms with E-state index in [-0.39, 0.29) is 23.8 Å². The van der Waals surface area contributed by atoms with Crippen LogP contribution in [0.3, 0.4) is 0 Å². The summed E-state index contributed by atoms with van der Waals surface area (Å²) in [4.78, 5) is 48.4. The summed E-state index contributed by atoms with van der Waals surface area (Å²) in [5, 5.41) is 1.02. The topological polar surface area (TPSA) is 90.1 Å². The van der Waals surface area contributed by atoms with Gasteiger partial charge in [-0.05, 0) is 53.4 Å². The monoisotopic (exact) mass is 629 g/mol. The lowest BCUT2D eigenvalue weighted by atomic mass is 10.0. The van der Waals surface area contributed by atoms with Crippen molar-refractivity contribution in [3.05, 3.63) is 134 Å². The molecule has 224 valence electrons. The predicted molar refractivity (Wildman–Crippen MR) is 171 cm³/mol. The summed E-state index contributed by atoms with van der Waals surface area (Å²) < 4.78 is 16.4. The minimum Gasteiger partial charge on any atom is -0.340 e. The quantitative estimate of drug-likeness (QED) is 0.141. The molecule has 0 aliphatic carbocycles. The summed E-state index contributed by atoms with van der Waals surface area (Å²) >= 11 is 7.28. The summed E-state index contributed by atoms with van der Waals surface area (Å²) in [7, 11) is 1.72. The number of amides is 1. The number of rotatable bonds is 10. The maximum atomic E-state index is 13.5. The van der Waals surface area contributed by atoms with E-state index in [4.69, 9.17) is 11.6 Å².